The Bertz CT molecular complexity index is 912. The van der Waals surface area contributed by atoms with Gasteiger partial charge < -0.3 is 10.6 Å². The van der Waals surface area contributed by atoms with Gasteiger partial charge in [0.2, 0.25) is 5.91 Å². The molecule has 0 atom stereocenters. The van der Waals surface area contributed by atoms with Gasteiger partial charge in [-0.05, 0) is 31.9 Å². The fraction of sp³-hybridized carbons (Fsp3) is 0.474. The molecule has 2 aromatic heterocycles. The maximum absolute atomic E-state index is 12.7. The third-order valence-corrected chi connectivity index (χ3v) is 6.40. The minimum Gasteiger partial charge on any atom is -0.323 e. The lowest BCUT2D eigenvalue weighted by Gasteiger charge is -2.30. The topological polar surface area (TPSA) is 107 Å². The minimum atomic E-state index is -0.748. The zero-order valence-corrected chi connectivity index (χ0v) is 16.5. The van der Waals surface area contributed by atoms with E-state index in [1.165, 1.54) is 9.78 Å². The van der Waals surface area contributed by atoms with Crippen LogP contribution < -0.4 is 10.6 Å². The zero-order chi connectivity index (χ0) is 19.7. The van der Waals surface area contributed by atoms with Crippen molar-refractivity contribution in [1.82, 2.24) is 20.4 Å². The van der Waals surface area contributed by atoms with Gasteiger partial charge in [-0.1, -0.05) is 19.3 Å². The van der Waals surface area contributed by atoms with Crippen molar-refractivity contribution in [3.05, 3.63) is 23.1 Å². The molecule has 1 aliphatic carbocycles. The Balaban J connectivity index is 1.33. The van der Waals surface area contributed by atoms with Crippen LogP contribution in [0.5, 0.6) is 0 Å². The van der Waals surface area contributed by atoms with E-state index in [1.807, 2.05) is 19.1 Å². The van der Waals surface area contributed by atoms with E-state index in [9.17, 15) is 14.4 Å². The molecule has 0 radical (unpaired) electrons. The predicted molar refractivity (Wildman–Crippen MR) is 106 cm³/mol. The highest BCUT2D eigenvalue weighted by Crippen LogP contribution is 2.33. The third-order valence-electron chi connectivity index (χ3n) is 5.37. The summed E-state index contributed by atoms with van der Waals surface area (Å²) in [4.78, 5) is 40.6. The van der Waals surface area contributed by atoms with E-state index in [2.05, 4.69) is 20.8 Å². The molecule has 3 N–H and O–H groups in total. The summed E-state index contributed by atoms with van der Waals surface area (Å²) >= 11 is 1.64. The van der Waals surface area contributed by atoms with E-state index >= 15 is 0 Å². The standard InChI is InChI=1S/C19H23N5O3S/c1-12-5-6-14(28-12)13-11-15(23-22-13)20-16(25)7-10-24-17(26)19(21-18(24)27)8-3-2-4-9-19/h5-6,11H,2-4,7-10H2,1H3,(H,21,27)(H2,20,22,23,25). The number of aryl methyl sites for hydroxylation is 1. The average molecular weight is 401 g/mol. The average Bonchev–Trinajstić information content (AvgIpc) is 3.35. The molecule has 2 fully saturated rings. The molecule has 1 aliphatic heterocycles. The molecule has 4 amide bonds. The van der Waals surface area contributed by atoms with Crippen LogP contribution in [0.4, 0.5) is 10.6 Å². The number of urea groups is 1. The summed E-state index contributed by atoms with van der Waals surface area (Å²) in [6.07, 6.45) is 4.35. The number of rotatable bonds is 5. The summed E-state index contributed by atoms with van der Waals surface area (Å²) in [5, 5.41) is 12.6. The minimum absolute atomic E-state index is 0.0372. The van der Waals surface area contributed by atoms with Gasteiger partial charge in [-0.25, -0.2) is 4.79 Å². The molecule has 2 aromatic rings. The molecule has 0 aromatic carbocycles. The lowest BCUT2D eigenvalue weighted by molar-refractivity contribution is -0.132. The van der Waals surface area contributed by atoms with Crippen molar-refractivity contribution in [1.29, 1.82) is 0 Å². The van der Waals surface area contributed by atoms with E-state index in [0.29, 0.717) is 18.7 Å². The van der Waals surface area contributed by atoms with Gasteiger partial charge in [-0.3, -0.25) is 19.6 Å². The van der Waals surface area contributed by atoms with Crippen LogP contribution in [0.25, 0.3) is 10.6 Å². The smallest absolute Gasteiger partial charge is 0.323 e. The molecule has 0 unspecified atom stereocenters. The molecule has 0 bridgehead atoms. The van der Waals surface area contributed by atoms with Gasteiger partial charge in [-0.15, -0.1) is 11.3 Å². The molecular formula is C19H23N5O3S. The van der Waals surface area contributed by atoms with Crippen molar-refractivity contribution in [2.24, 2.45) is 0 Å². The predicted octanol–water partition coefficient (Wildman–Crippen LogP) is 3.03. The number of carbonyl (C=O) groups excluding carboxylic acids is 3. The summed E-state index contributed by atoms with van der Waals surface area (Å²) in [5.41, 5.74) is 0.0867. The third kappa shape index (κ3) is 3.54. The van der Waals surface area contributed by atoms with Crippen molar-refractivity contribution in [3.8, 4) is 10.6 Å². The number of hydrogen-bond acceptors (Lipinski definition) is 5. The zero-order valence-electron chi connectivity index (χ0n) is 15.7. The van der Waals surface area contributed by atoms with Crippen LogP contribution in [0.3, 0.4) is 0 Å². The summed E-state index contributed by atoms with van der Waals surface area (Å²) in [6, 6.07) is 5.40. The number of nitrogens with one attached hydrogen (secondary N) is 3. The van der Waals surface area contributed by atoms with Crippen molar-refractivity contribution < 1.29 is 14.4 Å². The van der Waals surface area contributed by atoms with Crippen LogP contribution in [0.2, 0.25) is 0 Å². The van der Waals surface area contributed by atoms with Crippen molar-refractivity contribution >= 4 is 35.0 Å². The number of aromatic amines is 1. The highest BCUT2D eigenvalue weighted by Gasteiger charge is 2.51. The van der Waals surface area contributed by atoms with Crippen LogP contribution >= 0.6 is 11.3 Å². The summed E-state index contributed by atoms with van der Waals surface area (Å²) in [7, 11) is 0. The first-order valence-corrected chi connectivity index (χ1v) is 10.3. The lowest BCUT2D eigenvalue weighted by atomic mass is 9.82. The summed E-state index contributed by atoms with van der Waals surface area (Å²) in [6.45, 7) is 2.10. The van der Waals surface area contributed by atoms with Gasteiger partial charge in [-0.2, -0.15) is 5.10 Å². The monoisotopic (exact) mass is 401 g/mol. The van der Waals surface area contributed by atoms with Crippen LogP contribution in [0.15, 0.2) is 18.2 Å². The Labute approximate surface area is 166 Å². The molecule has 1 saturated heterocycles. The van der Waals surface area contributed by atoms with Crippen molar-refractivity contribution in [2.45, 2.75) is 51.0 Å². The molecule has 28 heavy (non-hydrogen) atoms. The van der Waals surface area contributed by atoms with Gasteiger partial charge >= 0.3 is 6.03 Å². The van der Waals surface area contributed by atoms with E-state index in [1.54, 1.807) is 17.4 Å². The molecule has 9 heteroatoms. The maximum Gasteiger partial charge on any atom is 0.325 e. The molecule has 148 valence electrons. The first kappa shape index (κ1) is 18.7. The number of H-pyrrole nitrogens is 1. The number of amides is 4. The SMILES string of the molecule is Cc1ccc(-c2cc(NC(=O)CCN3C(=O)NC4(CCCCC4)C3=O)n[nH]2)s1. The number of nitrogens with zero attached hydrogens (tertiary/aromatic N) is 2. The van der Waals surface area contributed by atoms with E-state index in [4.69, 9.17) is 0 Å². The van der Waals surface area contributed by atoms with Gasteiger partial charge in [0.15, 0.2) is 5.82 Å². The number of thiophene rings is 1. The normalized spacial score (nSPS) is 18.5. The van der Waals surface area contributed by atoms with Crippen molar-refractivity contribution in [2.75, 3.05) is 11.9 Å². The second-order valence-corrected chi connectivity index (χ2v) is 8.69. The first-order chi connectivity index (χ1) is 13.5. The second-order valence-electron chi connectivity index (χ2n) is 7.41. The largest absolute Gasteiger partial charge is 0.325 e. The Hall–Kier alpha value is -2.68. The van der Waals surface area contributed by atoms with Crippen LogP contribution in [-0.4, -0.2) is 45.0 Å². The Morgan fingerprint density at radius 3 is 2.79 bits per heavy atom. The molecular weight excluding hydrogens is 378 g/mol. The molecule has 8 nitrogen and oxygen atoms in total. The second kappa shape index (κ2) is 7.38. The van der Waals surface area contributed by atoms with Crippen LogP contribution in [0, 0.1) is 6.92 Å². The number of anilines is 1. The van der Waals surface area contributed by atoms with Crippen molar-refractivity contribution in [3.63, 3.8) is 0 Å². The molecule has 1 spiro atoms. The summed E-state index contributed by atoms with van der Waals surface area (Å²) < 4.78 is 0. The van der Waals surface area contributed by atoms with Gasteiger partial charge in [0, 0.05) is 23.9 Å². The fourth-order valence-electron chi connectivity index (χ4n) is 3.88. The Morgan fingerprint density at radius 1 is 1.29 bits per heavy atom. The lowest BCUT2D eigenvalue weighted by Crippen LogP contribution is -2.48. The van der Waals surface area contributed by atoms with Crippen LogP contribution in [0.1, 0.15) is 43.4 Å². The van der Waals surface area contributed by atoms with E-state index in [0.717, 1.165) is 29.8 Å². The number of aromatic nitrogens is 2. The maximum atomic E-state index is 12.7. The number of hydrogen-bond donors (Lipinski definition) is 3. The number of imide groups is 1. The molecule has 2 aliphatic rings. The molecule has 3 heterocycles. The van der Waals surface area contributed by atoms with E-state index < -0.39 is 11.6 Å². The highest BCUT2D eigenvalue weighted by atomic mass is 32.1. The highest BCUT2D eigenvalue weighted by molar-refractivity contribution is 7.15. The quantitative estimate of drug-likeness (QED) is 0.669. The van der Waals surface area contributed by atoms with E-state index in [-0.39, 0.29) is 24.8 Å². The van der Waals surface area contributed by atoms with Gasteiger partial charge in [0.05, 0.1) is 10.6 Å². The first-order valence-electron chi connectivity index (χ1n) is 9.53. The molecule has 4 rings (SSSR count). The van der Waals surface area contributed by atoms with Crippen LogP contribution in [-0.2, 0) is 9.59 Å². The molecule has 1 saturated carbocycles. The van der Waals surface area contributed by atoms with Gasteiger partial charge in [0.1, 0.15) is 5.54 Å². The summed E-state index contributed by atoms with van der Waals surface area (Å²) in [5.74, 6) is -0.0577. The number of carbonyl (C=O) groups is 3. The van der Waals surface area contributed by atoms with Gasteiger partial charge in [0.25, 0.3) is 5.91 Å². The Kier molecular flexibility index (Phi) is 4.92. The fourth-order valence-corrected chi connectivity index (χ4v) is 4.72. The Morgan fingerprint density at radius 2 is 2.07 bits per heavy atom.